The summed E-state index contributed by atoms with van der Waals surface area (Å²) in [5.74, 6) is -0.753. The standard InChI is InChI=1S/C29H35N3O4S/c1-5-19-30-29(34)24(4)31(20-25-12-7-6-8-13-25)28(33)21-32(27-14-10-9-11-23(27)3)37(35,36)26-17-15-22(2)16-18-26/h6-18,24H,5,19-21H2,1-4H3,(H,30,34)/t24-/m1/s1. The number of aryl methyl sites for hydroxylation is 2. The third-order valence-corrected chi connectivity index (χ3v) is 7.96. The van der Waals surface area contributed by atoms with Crippen LogP contribution in [0.3, 0.4) is 0 Å². The van der Waals surface area contributed by atoms with Gasteiger partial charge in [-0.25, -0.2) is 8.42 Å². The van der Waals surface area contributed by atoms with Gasteiger partial charge in [-0.3, -0.25) is 13.9 Å². The van der Waals surface area contributed by atoms with Crippen LogP contribution in [0.1, 0.15) is 37.0 Å². The first-order valence-corrected chi connectivity index (χ1v) is 13.8. The zero-order valence-electron chi connectivity index (χ0n) is 21.8. The first kappa shape index (κ1) is 27.9. The number of sulfonamides is 1. The molecule has 0 aliphatic carbocycles. The molecule has 0 heterocycles. The number of nitrogens with zero attached hydrogens (tertiary/aromatic N) is 2. The van der Waals surface area contributed by atoms with Gasteiger partial charge < -0.3 is 10.2 Å². The van der Waals surface area contributed by atoms with Gasteiger partial charge in [0.25, 0.3) is 10.0 Å². The summed E-state index contributed by atoms with van der Waals surface area (Å²) in [6, 6.07) is 22.2. The zero-order valence-corrected chi connectivity index (χ0v) is 22.7. The molecule has 1 N–H and O–H groups in total. The molecule has 3 aromatic rings. The summed E-state index contributed by atoms with van der Waals surface area (Å²) in [4.78, 5) is 28.2. The van der Waals surface area contributed by atoms with Crippen molar-refractivity contribution in [2.24, 2.45) is 0 Å². The lowest BCUT2D eigenvalue weighted by molar-refractivity contribution is -0.139. The van der Waals surface area contributed by atoms with Crippen LogP contribution in [0, 0.1) is 13.8 Å². The SMILES string of the molecule is CCCNC(=O)[C@@H](C)N(Cc1ccccc1)C(=O)CN(c1ccccc1C)S(=O)(=O)c1ccc(C)cc1. The molecule has 8 heteroatoms. The van der Waals surface area contributed by atoms with Gasteiger partial charge >= 0.3 is 0 Å². The lowest BCUT2D eigenvalue weighted by Gasteiger charge is -2.32. The molecule has 3 aromatic carbocycles. The van der Waals surface area contributed by atoms with E-state index in [1.807, 2.05) is 50.2 Å². The molecule has 0 aromatic heterocycles. The van der Waals surface area contributed by atoms with E-state index in [0.29, 0.717) is 17.8 Å². The number of rotatable bonds is 11. The topological polar surface area (TPSA) is 86.8 Å². The lowest BCUT2D eigenvalue weighted by Crippen LogP contribution is -2.51. The smallest absolute Gasteiger partial charge is 0.264 e. The highest BCUT2D eigenvalue weighted by molar-refractivity contribution is 7.92. The minimum atomic E-state index is -4.07. The van der Waals surface area contributed by atoms with Crippen LogP contribution in [0.5, 0.6) is 0 Å². The second-order valence-electron chi connectivity index (χ2n) is 9.09. The largest absolute Gasteiger partial charge is 0.354 e. The quantitative estimate of drug-likeness (QED) is 0.404. The Labute approximate surface area is 220 Å². The minimum Gasteiger partial charge on any atom is -0.354 e. The maximum Gasteiger partial charge on any atom is 0.264 e. The molecule has 0 radical (unpaired) electrons. The summed E-state index contributed by atoms with van der Waals surface area (Å²) >= 11 is 0. The van der Waals surface area contributed by atoms with Gasteiger partial charge in [-0.2, -0.15) is 0 Å². The number of amides is 2. The highest BCUT2D eigenvalue weighted by atomic mass is 32.2. The van der Waals surface area contributed by atoms with Gasteiger partial charge in [0.1, 0.15) is 12.6 Å². The fourth-order valence-electron chi connectivity index (χ4n) is 3.95. The van der Waals surface area contributed by atoms with Crippen LogP contribution >= 0.6 is 0 Å². The van der Waals surface area contributed by atoms with Crippen LogP contribution in [-0.4, -0.2) is 44.3 Å². The Morgan fingerprint density at radius 1 is 0.892 bits per heavy atom. The van der Waals surface area contributed by atoms with Crippen molar-refractivity contribution >= 4 is 27.5 Å². The maximum atomic E-state index is 13.8. The molecule has 0 saturated heterocycles. The van der Waals surface area contributed by atoms with E-state index >= 15 is 0 Å². The van der Waals surface area contributed by atoms with Crippen molar-refractivity contribution in [2.45, 2.75) is 51.6 Å². The molecule has 0 bridgehead atoms. The Bertz CT molecular complexity index is 1310. The molecule has 37 heavy (non-hydrogen) atoms. The van der Waals surface area contributed by atoms with Gasteiger partial charge in [0.15, 0.2) is 0 Å². The predicted octanol–water partition coefficient (Wildman–Crippen LogP) is 4.44. The highest BCUT2D eigenvalue weighted by Gasteiger charge is 2.32. The van der Waals surface area contributed by atoms with Crippen molar-refractivity contribution < 1.29 is 18.0 Å². The molecule has 0 saturated carbocycles. The Morgan fingerprint density at radius 2 is 1.51 bits per heavy atom. The molecule has 0 fully saturated rings. The second kappa shape index (κ2) is 12.5. The van der Waals surface area contributed by atoms with Gasteiger partial charge in [0.05, 0.1) is 10.6 Å². The highest BCUT2D eigenvalue weighted by Crippen LogP contribution is 2.27. The third-order valence-electron chi connectivity index (χ3n) is 6.18. The van der Waals surface area contributed by atoms with Crippen molar-refractivity contribution in [3.05, 3.63) is 95.6 Å². The van der Waals surface area contributed by atoms with Crippen molar-refractivity contribution in [1.29, 1.82) is 0 Å². The van der Waals surface area contributed by atoms with Gasteiger partial charge in [-0.15, -0.1) is 0 Å². The van der Waals surface area contributed by atoms with Gasteiger partial charge in [-0.1, -0.05) is 73.2 Å². The number of hydrogen-bond acceptors (Lipinski definition) is 4. The molecule has 7 nitrogen and oxygen atoms in total. The summed E-state index contributed by atoms with van der Waals surface area (Å²) in [5, 5.41) is 2.84. The Hall–Kier alpha value is -3.65. The average Bonchev–Trinajstić information content (AvgIpc) is 2.89. The first-order chi connectivity index (χ1) is 17.6. The molecule has 1 atom stereocenters. The summed E-state index contributed by atoms with van der Waals surface area (Å²) < 4.78 is 28.8. The number of benzene rings is 3. The Kier molecular flexibility index (Phi) is 9.47. The Morgan fingerprint density at radius 3 is 2.14 bits per heavy atom. The molecule has 0 aliphatic rings. The van der Waals surface area contributed by atoms with E-state index in [2.05, 4.69) is 5.32 Å². The molecule has 0 unspecified atom stereocenters. The summed E-state index contributed by atoms with van der Waals surface area (Å²) in [6.45, 7) is 7.53. The lowest BCUT2D eigenvalue weighted by atomic mass is 10.1. The summed E-state index contributed by atoms with van der Waals surface area (Å²) in [6.07, 6.45) is 0.765. The van der Waals surface area contributed by atoms with E-state index in [1.54, 1.807) is 56.3 Å². The van der Waals surface area contributed by atoms with Crippen LogP contribution in [0.25, 0.3) is 0 Å². The van der Waals surface area contributed by atoms with E-state index in [0.717, 1.165) is 21.9 Å². The molecule has 196 valence electrons. The van der Waals surface area contributed by atoms with Crippen LogP contribution in [0.15, 0.2) is 83.8 Å². The molecular formula is C29H35N3O4S. The molecule has 3 rings (SSSR count). The van der Waals surface area contributed by atoms with E-state index < -0.39 is 28.5 Å². The van der Waals surface area contributed by atoms with Crippen LogP contribution in [-0.2, 0) is 26.2 Å². The monoisotopic (exact) mass is 521 g/mol. The van der Waals surface area contributed by atoms with E-state index in [-0.39, 0.29) is 17.3 Å². The Balaban J connectivity index is 2.02. The second-order valence-corrected chi connectivity index (χ2v) is 10.9. The van der Waals surface area contributed by atoms with Crippen molar-refractivity contribution in [3.8, 4) is 0 Å². The van der Waals surface area contributed by atoms with Gasteiger partial charge in [0, 0.05) is 13.1 Å². The van der Waals surface area contributed by atoms with E-state index in [1.165, 1.54) is 4.90 Å². The van der Waals surface area contributed by atoms with Crippen molar-refractivity contribution in [3.63, 3.8) is 0 Å². The minimum absolute atomic E-state index is 0.0949. The fraction of sp³-hybridized carbons (Fsp3) is 0.310. The zero-order chi connectivity index (χ0) is 27.0. The van der Waals surface area contributed by atoms with Gasteiger partial charge in [0.2, 0.25) is 11.8 Å². The van der Waals surface area contributed by atoms with Crippen LogP contribution < -0.4 is 9.62 Å². The third kappa shape index (κ3) is 6.98. The van der Waals surface area contributed by atoms with Crippen LogP contribution in [0.2, 0.25) is 0 Å². The molecule has 0 spiro atoms. The first-order valence-electron chi connectivity index (χ1n) is 12.4. The number of carbonyl (C=O) groups excluding carboxylic acids is 2. The van der Waals surface area contributed by atoms with E-state index in [4.69, 9.17) is 0 Å². The van der Waals surface area contributed by atoms with Crippen LogP contribution in [0.4, 0.5) is 5.69 Å². The number of nitrogens with one attached hydrogen (secondary N) is 1. The molecule has 2 amide bonds. The molecule has 0 aliphatic heterocycles. The fourth-order valence-corrected chi connectivity index (χ4v) is 5.43. The molecular weight excluding hydrogens is 486 g/mol. The maximum absolute atomic E-state index is 13.8. The number of hydrogen-bond donors (Lipinski definition) is 1. The van der Waals surface area contributed by atoms with Crippen molar-refractivity contribution in [1.82, 2.24) is 10.2 Å². The van der Waals surface area contributed by atoms with Crippen molar-refractivity contribution in [2.75, 3.05) is 17.4 Å². The number of anilines is 1. The average molecular weight is 522 g/mol. The van der Waals surface area contributed by atoms with Gasteiger partial charge in [-0.05, 0) is 56.5 Å². The predicted molar refractivity (Wildman–Crippen MR) is 147 cm³/mol. The normalized spacial score (nSPS) is 12.0. The number of carbonyl (C=O) groups is 2. The summed E-state index contributed by atoms with van der Waals surface area (Å²) in [7, 11) is -4.07. The number of para-hydroxylation sites is 1. The summed E-state index contributed by atoms with van der Waals surface area (Å²) in [5.41, 5.74) is 2.90. The van der Waals surface area contributed by atoms with E-state index in [9.17, 15) is 18.0 Å².